The lowest BCUT2D eigenvalue weighted by atomic mass is 10.2. The SMILES string of the molecule is COc1ccc(S(=O)(=O)N2CCN(c3ccccc3F)CC2)cc1NC(=O)c1ccc(Cl)cc1. The normalized spacial score (nSPS) is 14.6. The molecule has 34 heavy (non-hydrogen) atoms. The van der Waals surface area contributed by atoms with Crippen LogP contribution in [-0.2, 0) is 10.0 Å². The van der Waals surface area contributed by atoms with Gasteiger partial charge in [-0.15, -0.1) is 0 Å². The highest BCUT2D eigenvalue weighted by atomic mass is 35.5. The first-order valence-corrected chi connectivity index (χ1v) is 12.4. The summed E-state index contributed by atoms with van der Waals surface area (Å²) in [6.07, 6.45) is 0. The Balaban J connectivity index is 1.52. The Hall–Kier alpha value is -3.14. The largest absolute Gasteiger partial charge is 0.495 e. The molecule has 0 radical (unpaired) electrons. The van der Waals surface area contributed by atoms with Crippen molar-refractivity contribution in [2.24, 2.45) is 0 Å². The Morgan fingerprint density at radius 3 is 2.32 bits per heavy atom. The van der Waals surface area contributed by atoms with Crippen molar-refractivity contribution in [1.29, 1.82) is 0 Å². The number of amides is 1. The van der Waals surface area contributed by atoms with Gasteiger partial charge < -0.3 is 15.0 Å². The molecule has 1 N–H and O–H groups in total. The number of rotatable bonds is 6. The predicted octanol–water partition coefficient (Wildman–Crippen LogP) is 4.25. The molecule has 0 atom stereocenters. The zero-order chi connectivity index (χ0) is 24.3. The summed E-state index contributed by atoms with van der Waals surface area (Å²) >= 11 is 5.88. The average molecular weight is 504 g/mol. The number of methoxy groups -OCH3 is 1. The van der Waals surface area contributed by atoms with Crippen LogP contribution in [0.3, 0.4) is 0 Å². The molecule has 1 saturated heterocycles. The van der Waals surface area contributed by atoms with Crippen LogP contribution in [0.15, 0.2) is 71.6 Å². The molecule has 178 valence electrons. The van der Waals surface area contributed by atoms with Crippen LogP contribution in [0.5, 0.6) is 5.75 Å². The minimum absolute atomic E-state index is 0.0269. The van der Waals surface area contributed by atoms with E-state index in [0.717, 1.165) is 0 Å². The number of halogens is 2. The monoisotopic (exact) mass is 503 g/mol. The lowest BCUT2D eigenvalue weighted by Gasteiger charge is -2.35. The number of piperazine rings is 1. The lowest BCUT2D eigenvalue weighted by Crippen LogP contribution is -2.48. The highest BCUT2D eigenvalue weighted by molar-refractivity contribution is 7.89. The summed E-state index contributed by atoms with van der Waals surface area (Å²) in [7, 11) is -2.41. The maximum atomic E-state index is 14.1. The van der Waals surface area contributed by atoms with Gasteiger partial charge in [0.05, 0.1) is 23.4 Å². The van der Waals surface area contributed by atoms with E-state index in [9.17, 15) is 17.6 Å². The highest BCUT2D eigenvalue weighted by Crippen LogP contribution is 2.30. The fourth-order valence-electron chi connectivity index (χ4n) is 3.77. The van der Waals surface area contributed by atoms with E-state index in [-0.39, 0.29) is 29.5 Å². The van der Waals surface area contributed by atoms with Crippen LogP contribution in [0.1, 0.15) is 10.4 Å². The molecule has 3 aromatic rings. The van der Waals surface area contributed by atoms with Crippen molar-refractivity contribution in [3.8, 4) is 5.75 Å². The first kappa shape index (κ1) is 24.0. The number of ether oxygens (including phenoxy) is 1. The van der Waals surface area contributed by atoms with Gasteiger partial charge in [-0.1, -0.05) is 23.7 Å². The number of benzene rings is 3. The molecule has 0 saturated carbocycles. The maximum absolute atomic E-state index is 14.1. The van der Waals surface area contributed by atoms with Crippen molar-refractivity contribution in [2.75, 3.05) is 43.5 Å². The van der Waals surface area contributed by atoms with Crippen LogP contribution in [0, 0.1) is 5.82 Å². The molecule has 3 aromatic carbocycles. The number of hydrogen-bond donors (Lipinski definition) is 1. The molecule has 1 aliphatic heterocycles. The van der Waals surface area contributed by atoms with Gasteiger partial charge in [-0.3, -0.25) is 4.79 Å². The first-order valence-electron chi connectivity index (χ1n) is 10.5. The number of carbonyl (C=O) groups excluding carboxylic acids is 1. The zero-order valence-electron chi connectivity index (χ0n) is 18.4. The van der Waals surface area contributed by atoms with Crippen molar-refractivity contribution < 1.29 is 22.3 Å². The van der Waals surface area contributed by atoms with Crippen LogP contribution in [0.25, 0.3) is 0 Å². The molecule has 0 aromatic heterocycles. The van der Waals surface area contributed by atoms with E-state index >= 15 is 0 Å². The highest BCUT2D eigenvalue weighted by Gasteiger charge is 2.30. The molecule has 0 aliphatic carbocycles. The fourth-order valence-corrected chi connectivity index (χ4v) is 5.34. The Labute approximate surface area is 202 Å². The van der Waals surface area contributed by atoms with Crippen molar-refractivity contribution >= 4 is 38.9 Å². The van der Waals surface area contributed by atoms with Crippen LogP contribution in [0.2, 0.25) is 5.02 Å². The van der Waals surface area contributed by atoms with E-state index in [4.69, 9.17) is 16.3 Å². The summed E-state index contributed by atoms with van der Waals surface area (Å²) in [5.41, 5.74) is 1.05. The van der Waals surface area contributed by atoms with Gasteiger partial charge in [0.2, 0.25) is 10.0 Å². The molecule has 1 fully saturated rings. The van der Waals surface area contributed by atoms with Crippen LogP contribution in [-0.4, -0.2) is 51.9 Å². The minimum Gasteiger partial charge on any atom is -0.495 e. The minimum atomic E-state index is -3.84. The Morgan fingerprint density at radius 2 is 1.68 bits per heavy atom. The van der Waals surface area contributed by atoms with Gasteiger partial charge in [-0.05, 0) is 54.6 Å². The second-order valence-electron chi connectivity index (χ2n) is 7.67. The van der Waals surface area contributed by atoms with Crippen molar-refractivity contribution in [2.45, 2.75) is 4.90 Å². The van der Waals surface area contributed by atoms with E-state index < -0.39 is 15.9 Å². The first-order chi connectivity index (χ1) is 16.3. The number of para-hydroxylation sites is 1. The second-order valence-corrected chi connectivity index (χ2v) is 10.0. The summed E-state index contributed by atoms with van der Waals surface area (Å²) < 4.78 is 47.4. The summed E-state index contributed by atoms with van der Waals surface area (Å²) in [6.45, 7) is 1.12. The van der Waals surface area contributed by atoms with Gasteiger partial charge in [0.1, 0.15) is 11.6 Å². The topological polar surface area (TPSA) is 79.0 Å². The molecule has 10 heteroatoms. The van der Waals surface area contributed by atoms with Gasteiger partial charge in [0.15, 0.2) is 0 Å². The Bertz CT molecular complexity index is 1290. The number of hydrogen-bond acceptors (Lipinski definition) is 5. The third kappa shape index (κ3) is 5.01. The van der Waals surface area contributed by atoms with E-state index in [0.29, 0.717) is 35.1 Å². The Morgan fingerprint density at radius 1 is 1.00 bits per heavy atom. The van der Waals surface area contributed by atoms with Gasteiger partial charge in [-0.2, -0.15) is 4.31 Å². The number of nitrogens with zero attached hydrogens (tertiary/aromatic N) is 2. The fraction of sp³-hybridized carbons (Fsp3) is 0.208. The molecule has 4 rings (SSSR count). The maximum Gasteiger partial charge on any atom is 0.255 e. The number of sulfonamides is 1. The summed E-state index contributed by atoms with van der Waals surface area (Å²) in [5.74, 6) is -0.441. The van der Waals surface area contributed by atoms with Crippen LogP contribution >= 0.6 is 11.6 Å². The van der Waals surface area contributed by atoms with Crippen molar-refractivity contribution in [3.63, 3.8) is 0 Å². The standard InChI is InChI=1S/C24H23ClFN3O4S/c1-33-23-11-10-19(16-21(23)27-24(30)17-6-8-18(25)9-7-17)34(31,32)29-14-12-28(13-15-29)22-5-3-2-4-20(22)26/h2-11,16H,12-15H2,1H3,(H,27,30). The second kappa shape index (κ2) is 10.0. The quantitative estimate of drug-likeness (QED) is 0.544. The van der Waals surface area contributed by atoms with Gasteiger partial charge in [0, 0.05) is 36.8 Å². The average Bonchev–Trinajstić information content (AvgIpc) is 2.85. The van der Waals surface area contributed by atoms with E-state index in [1.807, 2.05) is 4.90 Å². The molecule has 1 heterocycles. The molecule has 0 bridgehead atoms. The molecule has 0 unspecified atom stereocenters. The van der Waals surface area contributed by atoms with Crippen LogP contribution < -0.4 is 15.0 Å². The van der Waals surface area contributed by atoms with Gasteiger partial charge in [-0.25, -0.2) is 12.8 Å². The zero-order valence-corrected chi connectivity index (χ0v) is 19.9. The molecule has 7 nitrogen and oxygen atoms in total. The summed E-state index contributed by atoms with van der Waals surface area (Å²) in [4.78, 5) is 14.5. The summed E-state index contributed by atoms with van der Waals surface area (Å²) in [5, 5.41) is 3.21. The predicted molar refractivity (Wildman–Crippen MR) is 130 cm³/mol. The van der Waals surface area contributed by atoms with Crippen LogP contribution in [0.4, 0.5) is 15.8 Å². The molecular weight excluding hydrogens is 481 g/mol. The molecule has 1 aliphatic rings. The third-order valence-corrected chi connectivity index (χ3v) is 7.74. The lowest BCUT2D eigenvalue weighted by molar-refractivity contribution is 0.102. The van der Waals surface area contributed by atoms with Crippen molar-refractivity contribution in [1.82, 2.24) is 4.31 Å². The summed E-state index contributed by atoms with van der Waals surface area (Å²) in [6, 6.07) is 17.1. The number of nitrogens with one attached hydrogen (secondary N) is 1. The number of anilines is 2. The van der Waals surface area contributed by atoms with E-state index in [1.165, 1.54) is 35.7 Å². The van der Waals surface area contributed by atoms with Crippen molar-refractivity contribution in [3.05, 3.63) is 83.1 Å². The Kier molecular flexibility index (Phi) is 7.06. The van der Waals surface area contributed by atoms with Gasteiger partial charge in [0.25, 0.3) is 5.91 Å². The third-order valence-electron chi connectivity index (χ3n) is 5.60. The smallest absolute Gasteiger partial charge is 0.255 e. The molecule has 1 amide bonds. The van der Waals surface area contributed by atoms with E-state index in [2.05, 4.69) is 5.32 Å². The molecule has 0 spiro atoms. The van der Waals surface area contributed by atoms with E-state index in [1.54, 1.807) is 42.5 Å². The number of carbonyl (C=O) groups is 1. The molecular formula is C24H23ClFN3O4S. The van der Waals surface area contributed by atoms with Gasteiger partial charge >= 0.3 is 0 Å².